The lowest BCUT2D eigenvalue weighted by atomic mass is 10.2. The van der Waals surface area contributed by atoms with Gasteiger partial charge in [0.1, 0.15) is 5.82 Å². The molecule has 0 saturated carbocycles. The Labute approximate surface area is 128 Å². The highest BCUT2D eigenvalue weighted by molar-refractivity contribution is 6.31. The van der Waals surface area contributed by atoms with Crippen LogP contribution in [0.3, 0.4) is 0 Å². The lowest BCUT2D eigenvalue weighted by Crippen LogP contribution is -2.25. The molecule has 0 aromatic heterocycles. The summed E-state index contributed by atoms with van der Waals surface area (Å²) in [7, 11) is 0. The van der Waals surface area contributed by atoms with Crippen molar-refractivity contribution in [1.29, 1.82) is 0 Å². The van der Waals surface area contributed by atoms with Gasteiger partial charge in [0, 0.05) is 24.5 Å². The first-order valence-corrected chi connectivity index (χ1v) is 7.03. The van der Waals surface area contributed by atoms with E-state index in [-0.39, 0.29) is 18.1 Å². The molecule has 2 rings (SSSR count). The van der Waals surface area contributed by atoms with Gasteiger partial charge < -0.3 is 10.6 Å². The van der Waals surface area contributed by atoms with Crippen molar-refractivity contribution in [3.63, 3.8) is 0 Å². The molecule has 0 atom stereocenters. The third kappa shape index (κ3) is 4.76. The molecule has 0 bridgehead atoms. The second kappa shape index (κ2) is 7.64. The van der Waals surface area contributed by atoms with E-state index in [2.05, 4.69) is 10.6 Å². The standard InChI is InChI=1S/C16H16ClFN2O/c17-13-6-2-1-5-12(13)11-20-16(21)9-10-19-15-8-4-3-7-14(15)18/h1-8,19H,9-11H2,(H,20,21). The molecule has 110 valence electrons. The summed E-state index contributed by atoms with van der Waals surface area (Å²) in [5.74, 6) is -0.437. The molecular weight excluding hydrogens is 291 g/mol. The largest absolute Gasteiger partial charge is 0.382 e. The van der Waals surface area contributed by atoms with Crippen LogP contribution in [0.25, 0.3) is 0 Å². The summed E-state index contributed by atoms with van der Waals surface area (Å²) in [5.41, 5.74) is 1.27. The van der Waals surface area contributed by atoms with E-state index >= 15 is 0 Å². The van der Waals surface area contributed by atoms with Gasteiger partial charge in [-0.1, -0.05) is 41.9 Å². The molecule has 3 nitrogen and oxygen atoms in total. The van der Waals surface area contributed by atoms with Gasteiger partial charge in [-0.25, -0.2) is 4.39 Å². The van der Waals surface area contributed by atoms with Gasteiger partial charge in [0.2, 0.25) is 5.91 Å². The molecule has 0 heterocycles. The highest BCUT2D eigenvalue weighted by atomic mass is 35.5. The van der Waals surface area contributed by atoms with Crippen molar-refractivity contribution in [2.24, 2.45) is 0 Å². The average molecular weight is 307 g/mol. The number of carbonyl (C=O) groups is 1. The maximum absolute atomic E-state index is 13.4. The summed E-state index contributed by atoms with van der Waals surface area (Å²) in [6, 6.07) is 13.7. The Morgan fingerprint density at radius 1 is 1.10 bits per heavy atom. The van der Waals surface area contributed by atoms with Crippen LogP contribution in [0.1, 0.15) is 12.0 Å². The van der Waals surface area contributed by atoms with Gasteiger partial charge in [-0.3, -0.25) is 4.79 Å². The summed E-state index contributed by atoms with van der Waals surface area (Å²) >= 11 is 6.00. The number of hydrogen-bond donors (Lipinski definition) is 2. The predicted molar refractivity (Wildman–Crippen MR) is 82.8 cm³/mol. The van der Waals surface area contributed by atoms with Crippen LogP contribution in [-0.2, 0) is 11.3 Å². The Morgan fingerprint density at radius 2 is 1.81 bits per heavy atom. The molecule has 1 amide bonds. The first kappa shape index (κ1) is 15.3. The number of carbonyl (C=O) groups excluding carboxylic acids is 1. The summed E-state index contributed by atoms with van der Waals surface area (Å²) in [5, 5.41) is 6.30. The first-order valence-electron chi connectivity index (χ1n) is 6.65. The van der Waals surface area contributed by atoms with Crippen molar-refractivity contribution >= 4 is 23.2 Å². The van der Waals surface area contributed by atoms with E-state index in [1.807, 2.05) is 18.2 Å². The van der Waals surface area contributed by atoms with Gasteiger partial charge in [-0.15, -0.1) is 0 Å². The number of halogens is 2. The lowest BCUT2D eigenvalue weighted by Gasteiger charge is -2.09. The van der Waals surface area contributed by atoms with E-state index in [9.17, 15) is 9.18 Å². The first-order chi connectivity index (χ1) is 10.2. The zero-order valence-corrected chi connectivity index (χ0v) is 12.2. The number of hydrogen-bond acceptors (Lipinski definition) is 2. The maximum atomic E-state index is 13.4. The molecule has 2 N–H and O–H groups in total. The van der Waals surface area contributed by atoms with Crippen LogP contribution in [0.4, 0.5) is 10.1 Å². The third-order valence-electron chi connectivity index (χ3n) is 2.98. The van der Waals surface area contributed by atoms with Crippen LogP contribution in [0.15, 0.2) is 48.5 Å². The van der Waals surface area contributed by atoms with Crippen LogP contribution < -0.4 is 10.6 Å². The zero-order valence-electron chi connectivity index (χ0n) is 11.4. The Morgan fingerprint density at radius 3 is 2.57 bits per heavy atom. The van der Waals surface area contributed by atoms with E-state index in [0.29, 0.717) is 23.8 Å². The molecule has 0 aliphatic heterocycles. The molecule has 5 heteroatoms. The third-order valence-corrected chi connectivity index (χ3v) is 3.34. The molecule has 2 aromatic carbocycles. The van der Waals surface area contributed by atoms with Crippen molar-refractivity contribution in [3.05, 3.63) is 64.9 Å². The Bertz CT molecular complexity index is 619. The van der Waals surface area contributed by atoms with E-state index in [1.165, 1.54) is 6.07 Å². The van der Waals surface area contributed by atoms with Crippen LogP contribution in [0, 0.1) is 5.82 Å². The average Bonchev–Trinajstić information content (AvgIpc) is 2.48. The van der Waals surface area contributed by atoms with Crippen molar-refractivity contribution in [2.45, 2.75) is 13.0 Å². The molecule has 0 radical (unpaired) electrons. The van der Waals surface area contributed by atoms with E-state index in [4.69, 9.17) is 11.6 Å². The number of benzene rings is 2. The molecular formula is C16H16ClFN2O. The Balaban J connectivity index is 1.73. The summed E-state index contributed by atoms with van der Waals surface area (Å²) < 4.78 is 13.4. The minimum absolute atomic E-state index is 0.112. The number of para-hydroxylation sites is 1. The summed E-state index contributed by atoms with van der Waals surface area (Å²) in [4.78, 5) is 11.7. The van der Waals surface area contributed by atoms with Crippen molar-refractivity contribution < 1.29 is 9.18 Å². The van der Waals surface area contributed by atoms with Gasteiger partial charge in [0.05, 0.1) is 5.69 Å². The number of amides is 1. The minimum atomic E-state index is -0.325. The van der Waals surface area contributed by atoms with Crippen LogP contribution in [0.2, 0.25) is 5.02 Å². The molecule has 0 saturated heterocycles. The molecule has 2 aromatic rings. The topological polar surface area (TPSA) is 41.1 Å². The second-order valence-electron chi connectivity index (χ2n) is 4.52. The van der Waals surface area contributed by atoms with Gasteiger partial charge in [-0.05, 0) is 23.8 Å². The molecule has 0 spiro atoms. The molecule has 0 unspecified atom stereocenters. The van der Waals surface area contributed by atoms with Crippen LogP contribution in [-0.4, -0.2) is 12.5 Å². The Hall–Kier alpha value is -2.07. The maximum Gasteiger partial charge on any atom is 0.222 e. The van der Waals surface area contributed by atoms with Gasteiger partial charge in [0.15, 0.2) is 0 Å². The fourth-order valence-corrected chi connectivity index (χ4v) is 2.04. The Kier molecular flexibility index (Phi) is 5.58. The number of nitrogens with one attached hydrogen (secondary N) is 2. The summed E-state index contributed by atoms with van der Waals surface area (Å²) in [6.07, 6.45) is 0.263. The van der Waals surface area contributed by atoms with Gasteiger partial charge >= 0.3 is 0 Å². The lowest BCUT2D eigenvalue weighted by molar-refractivity contribution is -0.121. The van der Waals surface area contributed by atoms with Crippen molar-refractivity contribution in [2.75, 3.05) is 11.9 Å². The van der Waals surface area contributed by atoms with E-state index in [0.717, 1.165) is 5.56 Å². The minimum Gasteiger partial charge on any atom is -0.382 e. The van der Waals surface area contributed by atoms with Crippen LogP contribution >= 0.6 is 11.6 Å². The van der Waals surface area contributed by atoms with Crippen LogP contribution in [0.5, 0.6) is 0 Å². The predicted octanol–water partition coefficient (Wildman–Crippen LogP) is 3.60. The van der Waals surface area contributed by atoms with E-state index in [1.54, 1.807) is 24.3 Å². The monoisotopic (exact) mass is 306 g/mol. The molecule has 0 aliphatic rings. The molecule has 21 heavy (non-hydrogen) atoms. The smallest absolute Gasteiger partial charge is 0.222 e. The zero-order chi connectivity index (χ0) is 15.1. The highest BCUT2D eigenvalue weighted by Gasteiger charge is 2.04. The number of rotatable bonds is 6. The molecule has 0 fully saturated rings. The van der Waals surface area contributed by atoms with E-state index < -0.39 is 0 Å². The highest BCUT2D eigenvalue weighted by Crippen LogP contribution is 2.14. The van der Waals surface area contributed by atoms with Gasteiger partial charge in [-0.2, -0.15) is 0 Å². The normalized spacial score (nSPS) is 10.2. The van der Waals surface area contributed by atoms with Crippen molar-refractivity contribution in [1.82, 2.24) is 5.32 Å². The fraction of sp³-hybridized carbons (Fsp3) is 0.188. The fourth-order valence-electron chi connectivity index (χ4n) is 1.84. The summed E-state index contributed by atoms with van der Waals surface area (Å²) in [6.45, 7) is 0.757. The van der Waals surface area contributed by atoms with Gasteiger partial charge in [0.25, 0.3) is 0 Å². The quantitative estimate of drug-likeness (QED) is 0.856. The van der Waals surface area contributed by atoms with Crippen molar-refractivity contribution in [3.8, 4) is 0 Å². The second-order valence-corrected chi connectivity index (χ2v) is 4.93. The molecule has 0 aliphatic carbocycles. The number of anilines is 1. The SMILES string of the molecule is O=C(CCNc1ccccc1F)NCc1ccccc1Cl.